The lowest BCUT2D eigenvalue weighted by Gasteiger charge is -2.03. The average Bonchev–Trinajstić information content (AvgIpc) is 2.83. The van der Waals surface area contributed by atoms with E-state index in [2.05, 4.69) is 11.3 Å². The second kappa shape index (κ2) is 4.04. The first-order valence-electron chi connectivity index (χ1n) is 3.85. The van der Waals surface area contributed by atoms with Gasteiger partial charge in [-0.3, -0.25) is 10.1 Å². The maximum atomic E-state index is 10.9. The van der Waals surface area contributed by atoms with Crippen LogP contribution in [0.15, 0.2) is 12.2 Å². The van der Waals surface area contributed by atoms with Gasteiger partial charge in [-0.15, -0.1) is 0 Å². The normalized spacial score (nSPS) is 19.0. The number of carbonyl (C=O) groups is 2. The zero-order valence-electron chi connectivity index (χ0n) is 7.33. The molecule has 1 saturated heterocycles. The zero-order chi connectivity index (χ0) is 9.84. The van der Waals surface area contributed by atoms with E-state index in [1.54, 1.807) is 0 Å². The van der Waals surface area contributed by atoms with Crippen LogP contribution in [-0.2, 0) is 14.3 Å². The predicted molar refractivity (Wildman–Crippen MR) is 44.0 cm³/mol. The number of hydrogen-bond acceptors (Lipinski definition) is 4. The highest BCUT2D eigenvalue weighted by Gasteiger charge is 2.24. The molecule has 0 saturated carbocycles. The number of amides is 2. The minimum Gasteiger partial charge on any atom is -0.446 e. The molecule has 0 aliphatic carbocycles. The van der Waals surface area contributed by atoms with Crippen molar-refractivity contribution in [1.82, 2.24) is 5.32 Å². The Kier molecular flexibility index (Phi) is 3.02. The number of nitrogens with one attached hydrogen (secondary N) is 1. The number of alkyl carbamates (subject to hydrolysis) is 1. The molecule has 0 spiro atoms. The molecule has 0 bridgehead atoms. The lowest BCUT2D eigenvalue weighted by molar-refractivity contribution is -0.116. The second-order valence-electron chi connectivity index (χ2n) is 2.79. The zero-order valence-corrected chi connectivity index (χ0v) is 7.33. The lowest BCUT2D eigenvalue weighted by atomic mass is 10.3. The standard InChI is InChI=1S/C8H11NO4/c1-5(2)7(10)9-8(11)13-4-6-3-12-6/h6H,1,3-4H2,2H3,(H,9,10,11). The molecule has 5 heteroatoms. The Bertz CT molecular complexity index is 245. The van der Waals surface area contributed by atoms with E-state index in [0.29, 0.717) is 6.61 Å². The molecule has 1 unspecified atom stereocenters. The molecule has 1 fully saturated rings. The molecule has 72 valence electrons. The van der Waals surface area contributed by atoms with Crippen LogP contribution in [0.1, 0.15) is 6.92 Å². The van der Waals surface area contributed by atoms with Crippen LogP contribution in [0.4, 0.5) is 4.79 Å². The fourth-order valence-electron chi connectivity index (χ4n) is 0.568. The number of imide groups is 1. The van der Waals surface area contributed by atoms with E-state index in [9.17, 15) is 9.59 Å². The smallest absolute Gasteiger partial charge is 0.414 e. The molecule has 1 heterocycles. The molecule has 13 heavy (non-hydrogen) atoms. The van der Waals surface area contributed by atoms with Gasteiger partial charge in [0.1, 0.15) is 12.7 Å². The first-order chi connectivity index (χ1) is 6.09. The van der Waals surface area contributed by atoms with Crippen LogP contribution in [0.2, 0.25) is 0 Å². The fourth-order valence-corrected chi connectivity index (χ4v) is 0.568. The Hall–Kier alpha value is -1.36. The Morgan fingerprint density at radius 1 is 1.69 bits per heavy atom. The molecule has 0 aromatic rings. The Morgan fingerprint density at radius 3 is 2.77 bits per heavy atom. The van der Waals surface area contributed by atoms with Crippen LogP contribution in [0, 0.1) is 0 Å². The van der Waals surface area contributed by atoms with Crippen molar-refractivity contribution in [2.24, 2.45) is 0 Å². The monoisotopic (exact) mass is 185 g/mol. The summed E-state index contributed by atoms with van der Waals surface area (Å²) in [6, 6.07) is 0. The third kappa shape index (κ3) is 3.71. The number of ether oxygens (including phenoxy) is 2. The molecule has 1 atom stereocenters. The van der Waals surface area contributed by atoms with Gasteiger partial charge in [-0.05, 0) is 6.92 Å². The molecule has 1 aliphatic heterocycles. The molecule has 1 N–H and O–H groups in total. The van der Waals surface area contributed by atoms with Crippen molar-refractivity contribution < 1.29 is 19.1 Å². The molecular weight excluding hydrogens is 174 g/mol. The average molecular weight is 185 g/mol. The Balaban J connectivity index is 2.15. The van der Waals surface area contributed by atoms with Gasteiger partial charge in [0.25, 0.3) is 5.91 Å². The van der Waals surface area contributed by atoms with Crippen LogP contribution in [0.25, 0.3) is 0 Å². The highest BCUT2D eigenvalue weighted by Crippen LogP contribution is 2.08. The second-order valence-corrected chi connectivity index (χ2v) is 2.79. The first-order valence-corrected chi connectivity index (χ1v) is 3.85. The van der Waals surface area contributed by atoms with Gasteiger partial charge in [0, 0.05) is 5.57 Å². The Labute approximate surface area is 75.7 Å². The summed E-state index contributed by atoms with van der Waals surface area (Å²) in [5, 5.41) is 2.01. The van der Waals surface area contributed by atoms with E-state index in [4.69, 9.17) is 4.74 Å². The van der Waals surface area contributed by atoms with Gasteiger partial charge in [-0.1, -0.05) is 6.58 Å². The fraction of sp³-hybridized carbons (Fsp3) is 0.500. The minimum atomic E-state index is -0.761. The third-order valence-corrected chi connectivity index (χ3v) is 1.41. The number of rotatable bonds is 3. The SMILES string of the molecule is C=C(C)C(=O)NC(=O)OCC1CO1. The van der Waals surface area contributed by atoms with Gasteiger partial charge in [-0.2, -0.15) is 0 Å². The van der Waals surface area contributed by atoms with Crippen LogP contribution < -0.4 is 5.32 Å². The summed E-state index contributed by atoms with van der Waals surface area (Å²) in [4.78, 5) is 21.7. The van der Waals surface area contributed by atoms with Crippen LogP contribution >= 0.6 is 0 Å². The molecule has 5 nitrogen and oxygen atoms in total. The summed E-state index contributed by atoms with van der Waals surface area (Å²) in [6.45, 7) is 5.68. The topological polar surface area (TPSA) is 67.9 Å². The van der Waals surface area contributed by atoms with Crippen LogP contribution in [0.5, 0.6) is 0 Å². The summed E-state index contributed by atoms with van der Waals surface area (Å²) in [5.74, 6) is -0.526. The molecule has 0 aromatic heterocycles. The summed E-state index contributed by atoms with van der Waals surface area (Å²) >= 11 is 0. The van der Waals surface area contributed by atoms with Gasteiger partial charge in [0.05, 0.1) is 6.61 Å². The van der Waals surface area contributed by atoms with Crippen molar-refractivity contribution >= 4 is 12.0 Å². The highest BCUT2D eigenvalue weighted by molar-refractivity contribution is 6.01. The maximum Gasteiger partial charge on any atom is 0.414 e. The predicted octanol–water partition coefficient (Wildman–Crippen LogP) is 0.214. The summed E-state index contributed by atoms with van der Waals surface area (Å²) in [7, 11) is 0. The first kappa shape index (κ1) is 9.73. The third-order valence-electron chi connectivity index (χ3n) is 1.41. The maximum absolute atomic E-state index is 10.9. The minimum absolute atomic E-state index is 0.00526. The van der Waals surface area contributed by atoms with E-state index in [1.165, 1.54) is 6.92 Å². The van der Waals surface area contributed by atoms with Crippen molar-refractivity contribution in [1.29, 1.82) is 0 Å². The van der Waals surface area contributed by atoms with Crippen molar-refractivity contribution in [3.63, 3.8) is 0 Å². The summed E-state index contributed by atoms with van der Waals surface area (Å²) < 4.78 is 9.45. The van der Waals surface area contributed by atoms with Gasteiger partial charge in [-0.25, -0.2) is 4.79 Å². The van der Waals surface area contributed by atoms with Gasteiger partial charge < -0.3 is 9.47 Å². The van der Waals surface area contributed by atoms with Crippen LogP contribution in [-0.4, -0.2) is 31.3 Å². The summed E-state index contributed by atoms with van der Waals surface area (Å²) in [5.41, 5.74) is 0.264. The van der Waals surface area contributed by atoms with Gasteiger partial charge >= 0.3 is 6.09 Å². The molecule has 1 rings (SSSR count). The summed E-state index contributed by atoms with van der Waals surface area (Å²) in [6.07, 6.45) is -0.755. The van der Waals surface area contributed by atoms with E-state index >= 15 is 0 Å². The molecule has 0 radical (unpaired) electrons. The number of carbonyl (C=O) groups excluding carboxylic acids is 2. The molecule has 1 aliphatic rings. The largest absolute Gasteiger partial charge is 0.446 e. The molecule has 0 aromatic carbocycles. The van der Waals surface area contributed by atoms with E-state index in [1.807, 2.05) is 5.32 Å². The van der Waals surface area contributed by atoms with E-state index in [0.717, 1.165) is 0 Å². The highest BCUT2D eigenvalue weighted by atomic mass is 16.6. The lowest BCUT2D eigenvalue weighted by Crippen LogP contribution is -2.32. The van der Waals surface area contributed by atoms with Crippen molar-refractivity contribution in [3.8, 4) is 0 Å². The van der Waals surface area contributed by atoms with Crippen molar-refractivity contribution in [2.75, 3.05) is 13.2 Å². The van der Waals surface area contributed by atoms with E-state index in [-0.39, 0.29) is 18.3 Å². The van der Waals surface area contributed by atoms with E-state index < -0.39 is 12.0 Å². The number of epoxide rings is 1. The van der Waals surface area contributed by atoms with Gasteiger partial charge in [0.15, 0.2) is 0 Å². The molecule has 2 amide bonds. The van der Waals surface area contributed by atoms with Crippen molar-refractivity contribution in [2.45, 2.75) is 13.0 Å². The number of hydrogen-bond donors (Lipinski definition) is 1. The van der Waals surface area contributed by atoms with Crippen molar-refractivity contribution in [3.05, 3.63) is 12.2 Å². The van der Waals surface area contributed by atoms with Crippen LogP contribution in [0.3, 0.4) is 0 Å². The Morgan fingerprint density at radius 2 is 2.31 bits per heavy atom. The quantitative estimate of drug-likeness (QED) is 0.504. The van der Waals surface area contributed by atoms with Gasteiger partial charge in [0.2, 0.25) is 0 Å². The molecular formula is C8H11NO4.